The summed E-state index contributed by atoms with van der Waals surface area (Å²) in [6.07, 6.45) is 3.62. The van der Waals surface area contributed by atoms with Crippen LogP contribution in [0.25, 0.3) is 0 Å². The Morgan fingerprint density at radius 2 is 2.10 bits per heavy atom. The van der Waals surface area contributed by atoms with Gasteiger partial charge in [-0.3, -0.25) is 9.59 Å². The summed E-state index contributed by atoms with van der Waals surface area (Å²) in [7, 11) is 1.54. The Hall–Kier alpha value is -2.44. The molecule has 2 amide bonds. The minimum atomic E-state index is -1.14. The standard InChI is InChI=1S/C14H17N3O4/c1-15-12(18)11-4-2-3-7-17(11)13(19)9-5-6-10(14(20)21)16-8-9/h5-6,8,11H,2-4,7H2,1H3,(H,15,18)(H,20,21)/t11-/m0/s1. The summed E-state index contributed by atoms with van der Waals surface area (Å²) < 4.78 is 0. The number of carbonyl (C=O) groups is 3. The van der Waals surface area contributed by atoms with Gasteiger partial charge in [0.05, 0.1) is 5.56 Å². The highest BCUT2D eigenvalue weighted by atomic mass is 16.4. The Morgan fingerprint density at radius 1 is 1.33 bits per heavy atom. The molecule has 0 bridgehead atoms. The third-order valence-corrected chi connectivity index (χ3v) is 3.54. The van der Waals surface area contributed by atoms with Gasteiger partial charge in [-0.2, -0.15) is 0 Å². The maximum absolute atomic E-state index is 12.5. The number of aromatic carboxylic acids is 1. The van der Waals surface area contributed by atoms with Gasteiger partial charge in [-0.05, 0) is 31.4 Å². The summed E-state index contributed by atoms with van der Waals surface area (Å²) >= 11 is 0. The molecule has 21 heavy (non-hydrogen) atoms. The van der Waals surface area contributed by atoms with Gasteiger partial charge in [0, 0.05) is 19.8 Å². The van der Waals surface area contributed by atoms with Crippen molar-refractivity contribution in [2.75, 3.05) is 13.6 Å². The molecule has 7 heteroatoms. The number of aromatic nitrogens is 1. The molecule has 0 radical (unpaired) electrons. The zero-order valence-electron chi connectivity index (χ0n) is 11.7. The summed E-state index contributed by atoms with van der Waals surface area (Å²) in [5.74, 6) is -1.62. The molecule has 0 aromatic carbocycles. The van der Waals surface area contributed by atoms with E-state index in [1.165, 1.54) is 23.2 Å². The fourth-order valence-electron chi connectivity index (χ4n) is 2.43. The average molecular weight is 291 g/mol. The minimum absolute atomic E-state index is 0.118. The molecule has 1 aromatic rings. The maximum Gasteiger partial charge on any atom is 0.354 e. The van der Waals surface area contributed by atoms with E-state index in [1.807, 2.05) is 0 Å². The van der Waals surface area contributed by atoms with Crippen molar-refractivity contribution in [3.8, 4) is 0 Å². The van der Waals surface area contributed by atoms with Gasteiger partial charge in [0.2, 0.25) is 5.91 Å². The van der Waals surface area contributed by atoms with Crippen LogP contribution in [0.3, 0.4) is 0 Å². The van der Waals surface area contributed by atoms with E-state index in [0.717, 1.165) is 12.8 Å². The molecule has 1 saturated heterocycles. The minimum Gasteiger partial charge on any atom is -0.477 e. The zero-order valence-corrected chi connectivity index (χ0v) is 11.7. The number of nitrogens with one attached hydrogen (secondary N) is 1. The lowest BCUT2D eigenvalue weighted by atomic mass is 10.0. The molecule has 1 aromatic heterocycles. The lowest BCUT2D eigenvalue weighted by molar-refractivity contribution is -0.126. The van der Waals surface area contributed by atoms with Crippen LogP contribution in [0.4, 0.5) is 0 Å². The highest BCUT2D eigenvalue weighted by molar-refractivity contribution is 5.98. The third-order valence-electron chi connectivity index (χ3n) is 3.54. The van der Waals surface area contributed by atoms with Crippen LogP contribution in [0.15, 0.2) is 18.3 Å². The van der Waals surface area contributed by atoms with E-state index in [0.29, 0.717) is 13.0 Å². The quantitative estimate of drug-likeness (QED) is 0.845. The monoisotopic (exact) mass is 291 g/mol. The molecule has 0 spiro atoms. The first kappa shape index (κ1) is 15.0. The second kappa shape index (κ2) is 6.34. The van der Waals surface area contributed by atoms with Crippen molar-refractivity contribution >= 4 is 17.8 Å². The number of pyridine rings is 1. The zero-order chi connectivity index (χ0) is 15.4. The Morgan fingerprint density at radius 3 is 2.67 bits per heavy atom. The number of carbonyl (C=O) groups excluding carboxylic acids is 2. The van der Waals surface area contributed by atoms with Crippen LogP contribution in [-0.2, 0) is 4.79 Å². The second-order valence-electron chi connectivity index (χ2n) is 4.86. The lowest BCUT2D eigenvalue weighted by Gasteiger charge is -2.34. The van der Waals surface area contributed by atoms with E-state index in [4.69, 9.17) is 5.11 Å². The summed E-state index contributed by atoms with van der Waals surface area (Å²) in [5.41, 5.74) is 0.170. The Kier molecular flexibility index (Phi) is 4.52. The lowest BCUT2D eigenvalue weighted by Crippen LogP contribution is -2.51. The number of piperidine rings is 1. The molecule has 2 N–H and O–H groups in total. The first-order chi connectivity index (χ1) is 10.0. The van der Waals surface area contributed by atoms with Crippen molar-refractivity contribution < 1.29 is 19.5 Å². The van der Waals surface area contributed by atoms with Crippen LogP contribution < -0.4 is 5.32 Å². The molecule has 7 nitrogen and oxygen atoms in total. The molecule has 1 atom stereocenters. The van der Waals surface area contributed by atoms with Crippen LogP contribution in [0.1, 0.15) is 40.1 Å². The second-order valence-corrected chi connectivity index (χ2v) is 4.86. The molecular weight excluding hydrogens is 274 g/mol. The molecule has 1 aliphatic heterocycles. The average Bonchev–Trinajstić information content (AvgIpc) is 2.53. The van der Waals surface area contributed by atoms with Gasteiger partial charge in [-0.25, -0.2) is 9.78 Å². The predicted octanol–water partition coefficient (Wildman–Crippen LogP) is 0.520. The van der Waals surface area contributed by atoms with Gasteiger partial charge in [-0.15, -0.1) is 0 Å². The fourth-order valence-corrected chi connectivity index (χ4v) is 2.43. The van der Waals surface area contributed by atoms with Crippen LogP contribution in [0, 0.1) is 0 Å². The topological polar surface area (TPSA) is 99.6 Å². The summed E-state index contributed by atoms with van der Waals surface area (Å²) in [6.45, 7) is 0.512. The fraction of sp³-hybridized carbons (Fsp3) is 0.429. The van der Waals surface area contributed by atoms with Crippen LogP contribution in [0.2, 0.25) is 0 Å². The normalized spacial score (nSPS) is 18.1. The van der Waals surface area contributed by atoms with Gasteiger partial charge in [-0.1, -0.05) is 0 Å². The Labute approximate surface area is 122 Å². The van der Waals surface area contributed by atoms with Crippen molar-refractivity contribution in [2.45, 2.75) is 25.3 Å². The number of hydrogen-bond acceptors (Lipinski definition) is 4. The van der Waals surface area contributed by atoms with Crippen molar-refractivity contribution in [3.05, 3.63) is 29.6 Å². The van der Waals surface area contributed by atoms with Crippen molar-refractivity contribution in [2.24, 2.45) is 0 Å². The summed E-state index contributed by atoms with van der Waals surface area (Å²) in [6, 6.07) is 2.23. The largest absolute Gasteiger partial charge is 0.477 e. The van der Waals surface area contributed by atoms with Crippen molar-refractivity contribution in [1.29, 1.82) is 0 Å². The smallest absolute Gasteiger partial charge is 0.354 e. The van der Waals surface area contributed by atoms with E-state index >= 15 is 0 Å². The van der Waals surface area contributed by atoms with E-state index in [1.54, 1.807) is 7.05 Å². The summed E-state index contributed by atoms with van der Waals surface area (Å²) in [5, 5.41) is 11.4. The molecule has 1 fully saturated rings. The van der Waals surface area contributed by atoms with Gasteiger partial charge < -0.3 is 15.3 Å². The maximum atomic E-state index is 12.5. The molecule has 1 aliphatic rings. The number of hydrogen-bond donors (Lipinski definition) is 2. The van der Waals surface area contributed by atoms with Crippen LogP contribution in [-0.4, -0.2) is 52.4 Å². The van der Waals surface area contributed by atoms with Gasteiger partial charge in [0.1, 0.15) is 11.7 Å². The molecule has 0 saturated carbocycles. The summed E-state index contributed by atoms with van der Waals surface area (Å²) in [4.78, 5) is 40.3. The van der Waals surface area contributed by atoms with Crippen LogP contribution in [0.5, 0.6) is 0 Å². The molecule has 2 heterocycles. The van der Waals surface area contributed by atoms with E-state index in [9.17, 15) is 14.4 Å². The molecule has 2 rings (SSSR count). The van der Waals surface area contributed by atoms with E-state index in [-0.39, 0.29) is 23.1 Å². The van der Waals surface area contributed by atoms with Gasteiger partial charge >= 0.3 is 5.97 Å². The number of rotatable bonds is 3. The number of carboxylic acids is 1. The SMILES string of the molecule is CNC(=O)[C@@H]1CCCCN1C(=O)c1ccc(C(=O)O)nc1. The molecule has 0 aliphatic carbocycles. The van der Waals surface area contributed by atoms with Crippen molar-refractivity contribution in [3.63, 3.8) is 0 Å². The van der Waals surface area contributed by atoms with Gasteiger partial charge in [0.15, 0.2) is 0 Å². The Balaban J connectivity index is 2.20. The van der Waals surface area contributed by atoms with Gasteiger partial charge in [0.25, 0.3) is 5.91 Å². The number of likely N-dealkylation sites (tertiary alicyclic amines) is 1. The number of nitrogens with zero attached hydrogens (tertiary/aromatic N) is 2. The molecule has 112 valence electrons. The predicted molar refractivity (Wildman–Crippen MR) is 73.9 cm³/mol. The number of amides is 2. The highest BCUT2D eigenvalue weighted by Crippen LogP contribution is 2.19. The molecule has 0 unspecified atom stereocenters. The third kappa shape index (κ3) is 3.18. The Bertz CT molecular complexity index is 556. The first-order valence-corrected chi connectivity index (χ1v) is 6.76. The van der Waals surface area contributed by atoms with E-state index in [2.05, 4.69) is 10.3 Å². The van der Waals surface area contributed by atoms with Crippen molar-refractivity contribution in [1.82, 2.24) is 15.2 Å². The van der Waals surface area contributed by atoms with Crippen LogP contribution >= 0.6 is 0 Å². The van der Waals surface area contributed by atoms with E-state index < -0.39 is 12.0 Å². The molecular formula is C14H17N3O4. The highest BCUT2D eigenvalue weighted by Gasteiger charge is 2.32. The first-order valence-electron chi connectivity index (χ1n) is 6.76. The number of likely N-dealkylation sites (N-methyl/N-ethyl adjacent to an activating group) is 1. The number of carboxylic acid groups (broad SMARTS) is 1.